The third-order valence-electron chi connectivity index (χ3n) is 3.58. The number of alkyl halides is 6. The molecule has 0 aliphatic heterocycles. The van der Waals surface area contributed by atoms with Gasteiger partial charge in [-0.2, -0.15) is 43.2 Å². The van der Waals surface area contributed by atoms with Gasteiger partial charge in [0.25, 0.3) is 0 Å². The highest BCUT2D eigenvalue weighted by Crippen LogP contribution is 2.40. The van der Waals surface area contributed by atoms with Crippen LogP contribution in [-0.4, -0.2) is 40.9 Å². The van der Waals surface area contributed by atoms with Crippen LogP contribution >= 0.6 is 0 Å². The van der Waals surface area contributed by atoms with Gasteiger partial charge < -0.3 is 13.1 Å². The van der Waals surface area contributed by atoms with Gasteiger partial charge in [0.1, 0.15) is 0 Å². The lowest BCUT2D eigenvalue weighted by Crippen LogP contribution is -2.28. The van der Waals surface area contributed by atoms with Crippen LogP contribution in [0.3, 0.4) is 0 Å². The zero-order valence-electron chi connectivity index (χ0n) is 14.9. The van der Waals surface area contributed by atoms with Crippen molar-refractivity contribution >= 4 is 37.0 Å². The van der Waals surface area contributed by atoms with E-state index in [2.05, 4.69) is 13.1 Å². The van der Waals surface area contributed by atoms with Crippen molar-refractivity contribution in [3.8, 4) is 11.5 Å². The highest BCUT2D eigenvalue weighted by atomic mass is 32.2. The van der Waals surface area contributed by atoms with Crippen molar-refractivity contribution in [2.45, 2.75) is 17.4 Å². The normalized spacial score (nSPS) is 13.1. The maximum atomic E-state index is 12.7. The predicted octanol–water partition coefficient (Wildman–Crippen LogP) is 3.01. The minimum atomic E-state index is -6.22. The summed E-state index contributed by atoms with van der Waals surface area (Å²) in [6.45, 7) is 0. The summed E-state index contributed by atoms with van der Waals surface area (Å²) in [4.78, 5) is 11.6. The molecule has 2 aromatic rings. The number of methoxy groups -OCH3 is 1. The van der Waals surface area contributed by atoms with E-state index >= 15 is 0 Å². The Bertz CT molecular complexity index is 1220. The smallest absolute Gasteiger partial charge is 0.469 e. The van der Waals surface area contributed by atoms with E-state index in [4.69, 9.17) is 0 Å². The van der Waals surface area contributed by atoms with Gasteiger partial charge in [-0.1, -0.05) is 18.2 Å². The summed E-state index contributed by atoms with van der Waals surface area (Å²) in [6.07, 6.45) is -0.675. The molecule has 0 aliphatic carbocycles. The monoisotopic (exact) mass is 496 g/mol. The molecular weight excluding hydrogens is 486 g/mol. The Hall–Kier alpha value is -2.75. The molecule has 172 valence electrons. The first-order valence-electron chi connectivity index (χ1n) is 7.63. The molecule has 31 heavy (non-hydrogen) atoms. The Morgan fingerprint density at radius 3 is 1.81 bits per heavy atom. The van der Waals surface area contributed by atoms with Crippen molar-refractivity contribution in [1.82, 2.24) is 0 Å². The molecule has 0 aromatic heterocycles. The quantitative estimate of drug-likeness (QED) is 0.260. The Morgan fingerprint density at radius 1 is 0.839 bits per heavy atom. The number of esters is 1. The lowest BCUT2D eigenvalue weighted by molar-refractivity contribution is -0.139. The molecule has 0 aliphatic rings. The molecule has 2 aromatic carbocycles. The zero-order chi connectivity index (χ0) is 23.8. The number of carbonyl (C=O) groups is 1. The average Bonchev–Trinajstić information content (AvgIpc) is 2.61. The molecule has 8 nitrogen and oxygen atoms in total. The fourth-order valence-corrected chi connectivity index (χ4v) is 3.21. The Labute approximate surface area is 170 Å². The summed E-state index contributed by atoms with van der Waals surface area (Å²) in [6, 6.07) is 4.05. The van der Waals surface area contributed by atoms with E-state index in [0.717, 1.165) is 25.3 Å². The van der Waals surface area contributed by atoms with Crippen LogP contribution in [0.1, 0.15) is 5.56 Å². The van der Waals surface area contributed by atoms with Gasteiger partial charge in [0.15, 0.2) is 11.5 Å². The molecule has 0 heterocycles. The molecule has 0 saturated heterocycles. The SMILES string of the molecule is COC(=O)Cc1cccc2c(OS(=O)(=O)C(F)(F)F)ccc(OS(=O)(=O)C(F)(F)F)c12. The van der Waals surface area contributed by atoms with E-state index in [1.54, 1.807) is 0 Å². The molecule has 2 rings (SSSR count). The van der Waals surface area contributed by atoms with E-state index < -0.39 is 65.9 Å². The van der Waals surface area contributed by atoms with Crippen molar-refractivity contribution in [2.24, 2.45) is 0 Å². The lowest BCUT2D eigenvalue weighted by Gasteiger charge is -2.16. The van der Waals surface area contributed by atoms with E-state index in [0.29, 0.717) is 12.1 Å². The van der Waals surface area contributed by atoms with Crippen LogP contribution < -0.4 is 8.37 Å². The Balaban J connectivity index is 2.78. The molecule has 0 radical (unpaired) electrons. The van der Waals surface area contributed by atoms with Crippen molar-refractivity contribution in [3.63, 3.8) is 0 Å². The van der Waals surface area contributed by atoms with Gasteiger partial charge in [0, 0.05) is 10.8 Å². The van der Waals surface area contributed by atoms with E-state index in [1.165, 1.54) is 0 Å². The van der Waals surface area contributed by atoms with Crippen LogP contribution in [0, 0.1) is 0 Å². The fraction of sp³-hybridized carbons (Fsp3) is 0.267. The highest BCUT2D eigenvalue weighted by molar-refractivity contribution is 7.88. The molecule has 0 spiro atoms. The summed E-state index contributed by atoms with van der Waals surface area (Å²) in [5.74, 6) is -2.99. The summed E-state index contributed by atoms with van der Waals surface area (Å²) in [5.41, 5.74) is -11.9. The van der Waals surface area contributed by atoms with Crippen LogP contribution in [0.15, 0.2) is 30.3 Å². The molecule has 0 saturated carbocycles. The first kappa shape index (κ1) is 24.5. The van der Waals surface area contributed by atoms with Crippen LogP contribution in [-0.2, 0) is 36.2 Å². The lowest BCUT2D eigenvalue weighted by atomic mass is 10.0. The van der Waals surface area contributed by atoms with E-state index in [-0.39, 0.29) is 5.56 Å². The number of benzene rings is 2. The second kappa shape index (κ2) is 8.07. The van der Waals surface area contributed by atoms with Gasteiger partial charge in [-0.15, -0.1) is 0 Å². The number of fused-ring (bicyclic) bond motifs is 1. The minimum absolute atomic E-state index is 0.244. The molecule has 0 atom stereocenters. The number of hydrogen-bond donors (Lipinski definition) is 0. The van der Waals surface area contributed by atoms with Crippen molar-refractivity contribution in [1.29, 1.82) is 0 Å². The molecule has 0 bridgehead atoms. The number of carbonyl (C=O) groups excluding carboxylic acids is 1. The highest BCUT2D eigenvalue weighted by Gasteiger charge is 2.50. The van der Waals surface area contributed by atoms with Gasteiger partial charge >= 0.3 is 37.2 Å². The van der Waals surface area contributed by atoms with Crippen LogP contribution in [0.2, 0.25) is 0 Å². The third-order valence-corrected chi connectivity index (χ3v) is 5.51. The van der Waals surface area contributed by atoms with Crippen molar-refractivity contribution < 1.29 is 61.1 Å². The van der Waals surface area contributed by atoms with Crippen molar-refractivity contribution in [2.75, 3.05) is 7.11 Å². The van der Waals surface area contributed by atoms with Gasteiger partial charge in [-0.3, -0.25) is 4.79 Å². The van der Waals surface area contributed by atoms with E-state index in [1.807, 2.05) is 0 Å². The maximum Gasteiger partial charge on any atom is 0.534 e. The van der Waals surface area contributed by atoms with Crippen LogP contribution in [0.25, 0.3) is 10.8 Å². The summed E-state index contributed by atoms with van der Waals surface area (Å²) in [5, 5.41) is -1.19. The third kappa shape index (κ3) is 5.12. The largest absolute Gasteiger partial charge is 0.534 e. The summed E-state index contributed by atoms with van der Waals surface area (Å²) >= 11 is 0. The Morgan fingerprint density at radius 2 is 1.32 bits per heavy atom. The minimum Gasteiger partial charge on any atom is -0.469 e. The van der Waals surface area contributed by atoms with Crippen molar-refractivity contribution in [3.05, 3.63) is 35.9 Å². The molecular formula is C15H10F6O8S2. The number of ether oxygens (including phenoxy) is 1. The first-order chi connectivity index (χ1) is 14.0. The molecule has 0 unspecified atom stereocenters. The summed E-state index contributed by atoms with van der Waals surface area (Å²) in [7, 11) is -11.4. The molecule has 0 amide bonds. The average molecular weight is 496 g/mol. The number of rotatable bonds is 6. The number of halogens is 6. The maximum absolute atomic E-state index is 12.7. The van der Waals surface area contributed by atoms with Gasteiger partial charge in [-0.25, -0.2) is 0 Å². The second-order valence-electron chi connectivity index (χ2n) is 5.62. The predicted molar refractivity (Wildman–Crippen MR) is 90.9 cm³/mol. The standard InChI is InChI=1S/C15H10F6O8S2/c1-27-12(22)7-8-3-2-4-9-10(28-30(23,24)14(16,17)18)5-6-11(13(8)9)29-31(25,26)15(19,20)21/h2-6H,7H2,1H3. The van der Waals surface area contributed by atoms with Crippen LogP contribution in [0.5, 0.6) is 11.5 Å². The molecule has 0 N–H and O–H groups in total. The zero-order valence-corrected chi connectivity index (χ0v) is 16.6. The second-order valence-corrected chi connectivity index (χ2v) is 8.70. The van der Waals surface area contributed by atoms with Gasteiger partial charge in [0.2, 0.25) is 0 Å². The first-order valence-corrected chi connectivity index (χ1v) is 10.4. The molecule has 16 heteroatoms. The fourth-order valence-electron chi connectivity index (χ4n) is 2.27. The van der Waals surface area contributed by atoms with Gasteiger partial charge in [0.05, 0.1) is 13.5 Å². The molecule has 0 fully saturated rings. The Kier molecular flexibility index (Phi) is 6.38. The van der Waals surface area contributed by atoms with Crippen LogP contribution in [0.4, 0.5) is 26.3 Å². The summed E-state index contributed by atoms with van der Waals surface area (Å²) < 4.78 is 134. The van der Waals surface area contributed by atoms with E-state index in [9.17, 15) is 48.0 Å². The topological polar surface area (TPSA) is 113 Å². The van der Waals surface area contributed by atoms with Gasteiger partial charge in [-0.05, 0) is 17.7 Å². The number of hydrogen-bond acceptors (Lipinski definition) is 8.